The van der Waals surface area contributed by atoms with E-state index in [9.17, 15) is 9.18 Å². The molecule has 1 aromatic heterocycles. The molecule has 0 aliphatic rings. The molecule has 0 aliphatic heterocycles. The van der Waals surface area contributed by atoms with Crippen LogP contribution in [0.1, 0.15) is 18.3 Å². The highest BCUT2D eigenvalue weighted by molar-refractivity contribution is 5.78. The van der Waals surface area contributed by atoms with E-state index in [-0.39, 0.29) is 11.4 Å². The molecule has 0 bridgehead atoms. The van der Waals surface area contributed by atoms with Gasteiger partial charge in [0.15, 0.2) is 0 Å². The standard InChI is InChI=1S/C11H11FN2O/c1-3-10-13-9-5-8(12)6(2)4-7(9)11(15)14-10/h4-5H,3H2,1-2H3,(H,13,14,15). The fourth-order valence-corrected chi connectivity index (χ4v) is 1.48. The van der Waals surface area contributed by atoms with Crippen LogP contribution >= 0.6 is 0 Å². The van der Waals surface area contributed by atoms with E-state index in [0.29, 0.717) is 28.7 Å². The zero-order chi connectivity index (χ0) is 11.0. The Balaban J connectivity index is 2.86. The molecule has 0 aliphatic carbocycles. The number of rotatable bonds is 1. The van der Waals surface area contributed by atoms with Crippen molar-refractivity contribution in [3.05, 3.63) is 39.7 Å². The highest BCUT2D eigenvalue weighted by Gasteiger charge is 2.06. The lowest BCUT2D eigenvalue weighted by Crippen LogP contribution is -2.11. The van der Waals surface area contributed by atoms with Gasteiger partial charge < -0.3 is 4.98 Å². The van der Waals surface area contributed by atoms with E-state index in [0.717, 1.165) is 0 Å². The van der Waals surface area contributed by atoms with Crippen LogP contribution in [-0.4, -0.2) is 9.97 Å². The summed E-state index contributed by atoms with van der Waals surface area (Å²) in [5.74, 6) is 0.249. The Kier molecular flexibility index (Phi) is 2.26. The Labute approximate surface area is 86.0 Å². The molecule has 0 saturated heterocycles. The number of aromatic amines is 1. The minimum absolute atomic E-state index is 0.208. The van der Waals surface area contributed by atoms with Crippen LogP contribution in [0.5, 0.6) is 0 Å². The van der Waals surface area contributed by atoms with Gasteiger partial charge in [0.25, 0.3) is 5.56 Å². The molecule has 0 unspecified atom stereocenters. The summed E-state index contributed by atoms with van der Waals surface area (Å²) >= 11 is 0. The monoisotopic (exact) mass is 206 g/mol. The number of aromatic nitrogens is 2. The highest BCUT2D eigenvalue weighted by atomic mass is 19.1. The van der Waals surface area contributed by atoms with Crippen LogP contribution in [0.3, 0.4) is 0 Å². The number of H-pyrrole nitrogens is 1. The summed E-state index contributed by atoms with van der Waals surface area (Å²) < 4.78 is 13.3. The average molecular weight is 206 g/mol. The number of halogens is 1. The number of fused-ring (bicyclic) bond motifs is 1. The van der Waals surface area contributed by atoms with E-state index < -0.39 is 0 Å². The summed E-state index contributed by atoms with van der Waals surface area (Å²) in [5, 5.41) is 0.436. The fraction of sp³-hybridized carbons (Fsp3) is 0.273. The fourth-order valence-electron chi connectivity index (χ4n) is 1.48. The SMILES string of the molecule is CCc1nc2cc(F)c(C)cc2c(=O)[nH]1. The molecule has 15 heavy (non-hydrogen) atoms. The normalized spacial score (nSPS) is 10.9. The molecule has 3 nitrogen and oxygen atoms in total. The van der Waals surface area contributed by atoms with Gasteiger partial charge in [0.2, 0.25) is 0 Å². The topological polar surface area (TPSA) is 45.8 Å². The van der Waals surface area contributed by atoms with Crippen molar-refractivity contribution in [2.24, 2.45) is 0 Å². The lowest BCUT2D eigenvalue weighted by atomic mass is 10.1. The van der Waals surface area contributed by atoms with Crippen LogP contribution in [0.2, 0.25) is 0 Å². The first-order valence-corrected chi connectivity index (χ1v) is 4.81. The molecule has 2 rings (SSSR count). The van der Waals surface area contributed by atoms with E-state index in [1.807, 2.05) is 6.92 Å². The Morgan fingerprint density at radius 3 is 2.87 bits per heavy atom. The van der Waals surface area contributed by atoms with Gasteiger partial charge in [0.05, 0.1) is 10.9 Å². The molecule has 0 fully saturated rings. The Bertz CT molecular complexity index is 575. The summed E-state index contributed by atoms with van der Waals surface area (Å²) in [4.78, 5) is 18.4. The Hall–Kier alpha value is -1.71. The van der Waals surface area contributed by atoms with Crippen LogP contribution in [-0.2, 0) is 6.42 Å². The summed E-state index contributed by atoms with van der Waals surface area (Å²) in [6.07, 6.45) is 0.626. The largest absolute Gasteiger partial charge is 0.310 e. The van der Waals surface area contributed by atoms with Gasteiger partial charge in [0, 0.05) is 12.5 Å². The third-order valence-electron chi connectivity index (χ3n) is 2.37. The maximum Gasteiger partial charge on any atom is 0.258 e. The number of aryl methyl sites for hydroxylation is 2. The van der Waals surface area contributed by atoms with Gasteiger partial charge in [-0.05, 0) is 18.6 Å². The molecule has 1 aromatic carbocycles. The Morgan fingerprint density at radius 2 is 2.20 bits per heavy atom. The van der Waals surface area contributed by atoms with E-state index >= 15 is 0 Å². The van der Waals surface area contributed by atoms with Crippen LogP contribution in [0.25, 0.3) is 10.9 Å². The molecule has 4 heteroatoms. The molecule has 0 amide bonds. The van der Waals surface area contributed by atoms with Crippen LogP contribution in [0, 0.1) is 12.7 Å². The molecule has 2 aromatic rings. The molecule has 1 heterocycles. The first-order valence-electron chi connectivity index (χ1n) is 4.81. The number of nitrogens with zero attached hydrogens (tertiary/aromatic N) is 1. The zero-order valence-corrected chi connectivity index (χ0v) is 8.60. The molecule has 0 atom stereocenters. The molecule has 0 spiro atoms. The lowest BCUT2D eigenvalue weighted by molar-refractivity contribution is 0.620. The molecule has 78 valence electrons. The Morgan fingerprint density at radius 1 is 1.47 bits per heavy atom. The van der Waals surface area contributed by atoms with E-state index in [4.69, 9.17) is 0 Å². The smallest absolute Gasteiger partial charge is 0.258 e. The first-order chi connectivity index (χ1) is 7.11. The van der Waals surface area contributed by atoms with Crippen LogP contribution in [0.4, 0.5) is 4.39 Å². The van der Waals surface area contributed by atoms with Crippen LogP contribution in [0.15, 0.2) is 16.9 Å². The first kappa shape index (κ1) is 9.83. The molecule has 1 N–H and O–H groups in total. The minimum Gasteiger partial charge on any atom is -0.310 e. The number of hydrogen-bond acceptors (Lipinski definition) is 2. The predicted octanol–water partition coefficient (Wildman–Crippen LogP) is 1.93. The minimum atomic E-state index is -0.331. The second-order valence-corrected chi connectivity index (χ2v) is 3.48. The van der Waals surface area contributed by atoms with Crippen molar-refractivity contribution >= 4 is 10.9 Å². The van der Waals surface area contributed by atoms with Crippen molar-refractivity contribution in [2.75, 3.05) is 0 Å². The third-order valence-corrected chi connectivity index (χ3v) is 2.37. The molecular formula is C11H11FN2O. The summed E-state index contributed by atoms with van der Waals surface area (Å²) in [6, 6.07) is 2.83. The highest BCUT2D eigenvalue weighted by Crippen LogP contribution is 2.13. The van der Waals surface area contributed by atoms with Crippen molar-refractivity contribution in [3.8, 4) is 0 Å². The lowest BCUT2D eigenvalue weighted by Gasteiger charge is -2.02. The van der Waals surface area contributed by atoms with E-state index in [2.05, 4.69) is 9.97 Å². The van der Waals surface area contributed by atoms with Crippen molar-refractivity contribution in [1.82, 2.24) is 9.97 Å². The quantitative estimate of drug-likeness (QED) is 0.774. The summed E-state index contributed by atoms with van der Waals surface area (Å²) in [6.45, 7) is 3.51. The van der Waals surface area contributed by atoms with Gasteiger partial charge in [0.1, 0.15) is 11.6 Å². The summed E-state index contributed by atoms with van der Waals surface area (Å²) in [7, 11) is 0. The van der Waals surface area contributed by atoms with Gasteiger partial charge in [-0.15, -0.1) is 0 Å². The zero-order valence-electron chi connectivity index (χ0n) is 8.60. The van der Waals surface area contributed by atoms with E-state index in [1.165, 1.54) is 12.1 Å². The summed E-state index contributed by atoms with van der Waals surface area (Å²) in [5.41, 5.74) is 0.665. The number of nitrogens with one attached hydrogen (secondary N) is 1. The van der Waals surface area contributed by atoms with Gasteiger partial charge in [-0.3, -0.25) is 4.79 Å². The molecule has 0 radical (unpaired) electrons. The van der Waals surface area contributed by atoms with Gasteiger partial charge in [-0.2, -0.15) is 0 Å². The van der Waals surface area contributed by atoms with Crippen molar-refractivity contribution in [2.45, 2.75) is 20.3 Å². The molecule has 0 saturated carbocycles. The van der Waals surface area contributed by atoms with Crippen molar-refractivity contribution in [1.29, 1.82) is 0 Å². The molecular weight excluding hydrogens is 195 g/mol. The average Bonchev–Trinajstić information content (AvgIpc) is 2.21. The third kappa shape index (κ3) is 1.63. The van der Waals surface area contributed by atoms with Crippen LogP contribution < -0.4 is 5.56 Å². The van der Waals surface area contributed by atoms with Crippen molar-refractivity contribution < 1.29 is 4.39 Å². The van der Waals surface area contributed by atoms with Gasteiger partial charge in [-0.25, -0.2) is 9.37 Å². The van der Waals surface area contributed by atoms with Gasteiger partial charge in [-0.1, -0.05) is 6.92 Å². The van der Waals surface area contributed by atoms with E-state index in [1.54, 1.807) is 6.92 Å². The van der Waals surface area contributed by atoms with Crippen molar-refractivity contribution in [3.63, 3.8) is 0 Å². The number of benzene rings is 1. The predicted molar refractivity (Wildman–Crippen MR) is 56.4 cm³/mol. The van der Waals surface area contributed by atoms with Gasteiger partial charge >= 0.3 is 0 Å². The maximum absolute atomic E-state index is 13.3. The number of hydrogen-bond donors (Lipinski definition) is 1. The second-order valence-electron chi connectivity index (χ2n) is 3.48. The second kappa shape index (κ2) is 3.46. The maximum atomic E-state index is 13.3.